The van der Waals surface area contributed by atoms with Gasteiger partial charge in [0.1, 0.15) is 0 Å². The Morgan fingerprint density at radius 3 is 2.44 bits per heavy atom. The molecule has 1 aromatic rings. The van der Waals surface area contributed by atoms with Crippen molar-refractivity contribution in [2.75, 3.05) is 0 Å². The molecule has 4 unspecified atom stereocenters. The topological polar surface area (TPSA) is 40.5 Å². The summed E-state index contributed by atoms with van der Waals surface area (Å²) in [5, 5.41) is 21.1. The zero-order valence-electron chi connectivity index (χ0n) is 15.6. The predicted molar refractivity (Wildman–Crippen MR) is 103 cm³/mol. The van der Waals surface area contributed by atoms with E-state index in [0.29, 0.717) is 11.8 Å². The minimum absolute atomic E-state index is 0.227. The fourth-order valence-corrected chi connectivity index (χ4v) is 4.83. The molecule has 3 rings (SSSR count). The third-order valence-electron chi connectivity index (χ3n) is 6.33. The fraction of sp³-hybridized carbons (Fsp3) is 0.652. The molecule has 2 N–H and O–H groups in total. The van der Waals surface area contributed by atoms with E-state index in [1.54, 1.807) is 0 Å². The van der Waals surface area contributed by atoms with Gasteiger partial charge in [0, 0.05) is 5.92 Å². The minimum atomic E-state index is -0.321. The number of aliphatic hydroxyl groups excluding tert-OH is 2. The van der Waals surface area contributed by atoms with Gasteiger partial charge in [0.2, 0.25) is 0 Å². The molecule has 0 amide bonds. The number of rotatable bonds is 7. The van der Waals surface area contributed by atoms with Crippen LogP contribution in [0.3, 0.4) is 0 Å². The molecule has 2 fully saturated rings. The van der Waals surface area contributed by atoms with Crippen LogP contribution in [0, 0.1) is 11.8 Å². The second-order valence-electron chi connectivity index (χ2n) is 8.08. The van der Waals surface area contributed by atoms with Crippen LogP contribution >= 0.6 is 0 Å². The molecule has 4 atom stereocenters. The van der Waals surface area contributed by atoms with Gasteiger partial charge in [-0.05, 0) is 61.5 Å². The normalized spacial score (nSPS) is 28.8. The Kier molecular flexibility index (Phi) is 6.72. The molecule has 0 aliphatic heterocycles. The standard InChI is InChI=1S/C23H34O2/c1-2-3-4-5-8-17-15-16-21(24)22(17)18-11-13-20(14-12-18)23(25)19-9-6-7-10-19/h4-5,11-14,17,19,21-25H,2-3,6-10,15-16H2,1H3/b5-4+. The number of benzene rings is 1. The molecule has 0 bridgehead atoms. The average molecular weight is 343 g/mol. The van der Waals surface area contributed by atoms with Crippen LogP contribution in [0.4, 0.5) is 0 Å². The summed E-state index contributed by atoms with van der Waals surface area (Å²) < 4.78 is 0. The van der Waals surface area contributed by atoms with Gasteiger partial charge in [-0.1, -0.05) is 62.6 Å². The van der Waals surface area contributed by atoms with E-state index in [0.717, 1.165) is 44.1 Å². The van der Waals surface area contributed by atoms with Gasteiger partial charge in [0.05, 0.1) is 12.2 Å². The van der Waals surface area contributed by atoms with Crippen molar-refractivity contribution in [3.63, 3.8) is 0 Å². The Balaban J connectivity index is 1.66. The van der Waals surface area contributed by atoms with Crippen molar-refractivity contribution in [3.8, 4) is 0 Å². The van der Waals surface area contributed by atoms with Gasteiger partial charge in [-0.15, -0.1) is 0 Å². The number of hydrogen-bond acceptors (Lipinski definition) is 2. The average Bonchev–Trinajstić information content (AvgIpc) is 3.28. The van der Waals surface area contributed by atoms with Gasteiger partial charge in [-0.2, -0.15) is 0 Å². The second-order valence-corrected chi connectivity index (χ2v) is 8.08. The number of aliphatic hydroxyl groups is 2. The first-order valence-electron chi connectivity index (χ1n) is 10.3. The summed E-state index contributed by atoms with van der Waals surface area (Å²) in [6.07, 6.45) is 14.3. The Bertz CT molecular complexity index is 542. The molecule has 25 heavy (non-hydrogen) atoms. The van der Waals surface area contributed by atoms with Crippen LogP contribution in [-0.4, -0.2) is 16.3 Å². The summed E-state index contributed by atoms with van der Waals surface area (Å²) in [5.74, 6) is 1.21. The van der Waals surface area contributed by atoms with Gasteiger partial charge in [-0.3, -0.25) is 0 Å². The van der Waals surface area contributed by atoms with Gasteiger partial charge < -0.3 is 10.2 Å². The van der Waals surface area contributed by atoms with Gasteiger partial charge in [0.25, 0.3) is 0 Å². The summed E-state index contributed by atoms with van der Waals surface area (Å²) >= 11 is 0. The molecule has 2 aliphatic rings. The first-order chi connectivity index (χ1) is 12.2. The maximum Gasteiger partial charge on any atom is 0.0818 e. The van der Waals surface area contributed by atoms with E-state index in [1.165, 1.54) is 24.8 Å². The first kappa shape index (κ1) is 18.7. The van der Waals surface area contributed by atoms with Crippen LogP contribution < -0.4 is 0 Å². The lowest BCUT2D eigenvalue weighted by Gasteiger charge is -2.23. The minimum Gasteiger partial charge on any atom is -0.392 e. The van der Waals surface area contributed by atoms with Crippen LogP contribution in [0.25, 0.3) is 0 Å². The van der Waals surface area contributed by atoms with Crippen molar-refractivity contribution in [1.29, 1.82) is 0 Å². The van der Waals surface area contributed by atoms with E-state index in [1.807, 2.05) is 0 Å². The smallest absolute Gasteiger partial charge is 0.0818 e. The van der Waals surface area contributed by atoms with E-state index >= 15 is 0 Å². The molecule has 0 radical (unpaired) electrons. The number of allylic oxidation sites excluding steroid dienone is 2. The SMILES string of the molecule is CCC/C=C/CC1CCC(O)C1c1ccc(C(O)C2CCCC2)cc1. The summed E-state index contributed by atoms with van der Waals surface area (Å²) in [6, 6.07) is 8.48. The first-order valence-corrected chi connectivity index (χ1v) is 10.3. The Morgan fingerprint density at radius 1 is 1.04 bits per heavy atom. The molecule has 0 aromatic heterocycles. The monoisotopic (exact) mass is 342 g/mol. The molecule has 0 spiro atoms. The third kappa shape index (κ3) is 4.54. The van der Waals surface area contributed by atoms with Gasteiger partial charge >= 0.3 is 0 Å². The summed E-state index contributed by atoms with van der Waals surface area (Å²) in [4.78, 5) is 0. The highest BCUT2D eigenvalue weighted by molar-refractivity contribution is 5.29. The van der Waals surface area contributed by atoms with Crippen LogP contribution in [0.5, 0.6) is 0 Å². The summed E-state index contributed by atoms with van der Waals surface area (Å²) in [5.41, 5.74) is 2.28. The largest absolute Gasteiger partial charge is 0.392 e. The quantitative estimate of drug-likeness (QED) is 0.641. The molecule has 2 nitrogen and oxygen atoms in total. The number of hydrogen-bond donors (Lipinski definition) is 2. The third-order valence-corrected chi connectivity index (χ3v) is 6.33. The highest BCUT2D eigenvalue weighted by Crippen LogP contribution is 2.43. The van der Waals surface area contributed by atoms with Crippen LogP contribution in [-0.2, 0) is 0 Å². The maximum absolute atomic E-state index is 10.6. The van der Waals surface area contributed by atoms with Crippen molar-refractivity contribution in [2.45, 2.75) is 82.8 Å². The van der Waals surface area contributed by atoms with Crippen molar-refractivity contribution in [3.05, 3.63) is 47.5 Å². The van der Waals surface area contributed by atoms with Crippen LogP contribution in [0.1, 0.15) is 87.9 Å². The van der Waals surface area contributed by atoms with E-state index in [-0.39, 0.29) is 18.1 Å². The predicted octanol–water partition coefficient (Wildman–Crippen LogP) is 5.51. The molecule has 0 saturated heterocycles. The van der Waals surface area contributed by atoms with Gasteiger partial charge in [0.15, 0.2) is 0 Å². The van der Waals surface area contributed by atoms with Crippen LogP contribution in [0.15, 0.2) is 36.4 Å². The Hall–Kier alpha value is -1.12. The summed E-state index contributed by atoms with van der Waals surface area (Å²) in [7, 11) is 0. The summed E-state index contributed by atoms with van der Waals surface area (Å²) in [6.45, 7) is 2.20. The van der Waals surface area contributed by atoms with Crippen molar-refractivity contribution < 1.29 is 10.2 Å². The van der Waals surface area contributed by atoms with E-state index in [4.69, 9.17) is 0 Å². The van der Waals surface area contributed by atoms with Gasteiger partial charge in [-0.25, -0.2) is 0 Å². The Labute approximate surface area is 153 Å². The lowest BCUT2D eigenvalue weighted by Crippen LogP contribution is -2.17. The lowest BCUT2D eigenvalue weighted by atomic mass is 9.84. The van der Waals surface area contributed by atoms with Crippen molar-refractivity contribution in [1.82, 2.24) is 0 Å². The van der Waals surface area contributed by atoms with E-state index < -0.39 is 0 Å². The molecule has 138 valence electrons. The van der Waals surface area contributed by atoms with Crippen LogP contribution in [0.2, 0.25) is 0 Å². The maximum atomic E-state index is 10.6. The molecule has 2 saturated carbocycles. The molecule has 0 heterocycles. The van der Waals surface area contributed by atoms with E-state index in [9.17, 15) is 10.2 Å². The second kappa shape index (κ2) is 9.00. The molecule has 2 aliphatic carbocycles. The Morgan fingerprint density at radius 2 is 1.76 bits per heavy atom. The highest BCUT2D eigenvalue weighted by Gasteiger charge is 2.35. The highest BCUT2D eigenvalue weighted by atomic mass is 16.3. The molecule has 1 aromatic carbocycles. The molecule has 2 heteroatoms. The zero-order valence-corrected chi connectivity index (χ0v) is 15.6. The van der Waals surface area contributed by atoms with E-state index in [2.05, 4.69) is 43.3 Å². The zero-order chi connectivity index (χ0) is 17.6. The fourth-order valence-electron chi connectivity index (χ4n) is 4.83. The van der Waals surface area contributed by atoms with Crippen molar-refractivity contribution in [2.24, 2.45) is 11.8 Å². The molecular formula is C23H34O2. The molecular weight excluding hydrogens is 308 g/mol. The lowest BCUT2D eigenvalue weighted by molar-refractivity contribution is 0.111. The number of unbranched alkanes of at least 4 members (excludes halogenated alkanes) is 1. The van der Waals surface area contributed by atoms with Crippen molar-refractivity contribution >= 4 is 0 Å².